The fourth-order valence-electron chi connectivity index (χ4n) is 2.29. The highest BCUT2D eigenvalue weighted by molar-refractivity contribution is 5.82. The van der Waals surface area contributed by atoms with E-state index in [9.17, 15) is 14.7 Å². The average molecular weight is 244 g/mol. The predicted octanol–water partition coefficient (Wildman–Crippen LogP) is -0.0154. The molecule has 0 saturated carbocycles. The third kappa shape index (κ3) is 2.65. The maximum absolute atomic E-state index is 11.3. The molecule has 1 saturated heterocycles. The molecule has 1 aliphatic rings. The van der Waals surface area contributed by atoms with Gasteiger partial charge in [0, 0.05) is 20.6 Å². The minimum absolute atomic E-state index is 0.417. The summed E-state index contributed by atoms with van der Waals surface area (Å²) in [6.07, 6.45) is 0.573. The second-order valence-corrected chi connectivity index (χ2v) is 5.35. The Kier molecular flexibility index (Phi) is 3.61. The van der Waals surface area contributed by atoms with Gasteiger partial charge in [0.1, 0.15) is 5.60 Å². The van der Waals surface area contributed by atoms with Gasteiger partial charge in [0.25, 0.3) is 0 Å². The number of nitrogens with zero attached hydrogens (tertiary/aromatic N) is 2. The molecule has 6 nitrogen and oxygen atoms in total. The first kappa shape index (κ1) is 14.1. The Hall–Kier alpha value is -0.980. The zero-order valence-corrected chi connectivity index (χ0v) is 10.9. The third-order valence-electron chi connectivity index (χ3n) is 2.86. The number of hydrogen-bond donors (Lipinski definition) is 1. The summed E-state index contributed by atoms with van der Waals surface area (Å²) in [6, 6.07) is -1.01. The topological polar surface area (TPSA) is 70.1 Å². The summed E-state index contributed by atoms with van der Waals surface area (Å²) in [5.41, 5.74) is -1.93. The van der Waals surface area contributed by atoms with E-state index in [0.29, 0.717) is 12.8 Å². The number of hydrazine groups is 1. The molecule has 0 bridgehead atoms. The molecular weight excluding hydrogens is 224 g/mol. The third-order valence-corrected chi connectivity index (χ3v) is 2.86. The molecule has 98 valence electrons. The summed E-state index contributed by atoms with van der Waals surface area (Å²) >= 11 is 0. The lowest BCUT2D eigenvalue weighted by atomic mass is 9.91. The van der Waals surface area contributed by atoms with Crippen LogP contribution >= 0.6 is 0 Å². The van der Waals surface area contributed by atoms with Crippen molar-refractivity contribution in [3.05, 3.63) is 0 Å². The van der Waals surface area contributed by atoms with Crippen molar-refractivity contribution in [3.63, 3.8) is 0 Å². The average Bonchev–Trinajstić information content (AvgIpc) is 2.14. The van der Waals surface area contributed by atoms with Crippen molar-refractivity contribution in [2.45, 2.75) is 38.0 Å². The van der Waals surface area contributed by atoms with Crippen LogP contribution in [0.4, 0.5) is 0 Å². The molecule has 0 aromatic heterocycles. The normalized spacial score (nSPS) is 33.6. The minimum Gasteiger partial charge on any atom is -0.480 e. The highest BCUT2D eigenvalue weighted by atomic mass is 16.5. The number of rotatable bonds is 3. The van der Waals surface area contributed by atoms with Crippen molar-refractivity contribution in [1.82, 2.24) is 10.0 Å². The van der Waals surface area contributed by atoms with E-state index in [-0.39, 0.29) is 0 Å². The summed E-state index contributed by atoms with van der Waals surface area (Å²) in [5, 5.41) is 12.6. The van der Waals surface area contributed by atoms with Gasteiger partial charge in [0.05, 0.1) is 5.60 Å². The number of morpholine rings is 1. The molecule has 1 fully saturated rings. The number of ether oxygens (including phenoxy) is 1. The number of carboxylic acids is 1. The summed E-state index contributed by atoms with van der Waals surface area (Å²) in [7, 11) is 3.51. The molecule has 17 heavy (non-hydrogen) atoms. The van der Waals surface area contributed by atoms with Crippen molar-refractivity contribution in [2.24, 2.45) is 0 Å². The minimum atomic E-state index is -1.35. The van der Waals surface area contributed by atoms with Crippen molar-refractivity contribution >= 4 is 12.3 Å². The van der Waals surface area contributed by atoms with Crippen LogP contribution in [0.25, 0.3) is 0 Å². The number of aliphatic carboxylic acids is 1. The Morgan fingerprint density at radius 2 is 2.00 bits per heavy atom. The molecule has 1 rings (SSSR count). The standard InChI is InChI=1S/C11H20N2O4/c1-10(2)6-13(12(4)5)8(9(15)16)11(3,7-14)17-10/h7-8H,6H2,1-5H3,(H,15,16). The highest BCUT2D eigenvalue weighted by Gasteiger charge is 2.53. The molecule has 2 atom stereocenters. The van der Waals surface area contributed by atoms with Crippen molar-refractivity contribution in [1.29, 1.82) is 0 Å². The quantitative estimate of drug-likeness (QED) is 0.704. The highest BCUT2D eigenvalue weighted by Crippen LogP contribution is 2.32. The van der Waals surface area contributed by atoms with E-state index in [4.69, 9.17) is 4.74 Å². The monoisotopic (exact) mass is 244 g/mol. The largest absolute Gasteiger partial charge is 0.480 e. The second-order valence-electron chi connectivity index (χ2n) is 5.35. The van der Waals surface area contributed by atoms with Gasteiger partial charge in [-0.2, -0.15) is 0 Å². The van der Waals surface area contributed by atoms with E-state index in [0.717, 1.165) is 0 Å². The molecule has 0 aliphatic carbocycles. The van der Waals surface area contributed by atoms with Gasteiger partial charge in [-0.3, -0.25) is 4.79 Å². The Morgan fingerprint density at radius 3 is 2.35 bits per heavy atom. The maximum Gasteiger partial charge on any atom is 0.325 e. The summed E-state index contributed by atoms with van der Waals surface area (Å²) in [5.74, 6) is -1.07. The summed E-state index contributed by atoms with van der Waals surface area (Å²) in [4.78, 5) is 22.6. The van der Waals surface area contributed by atoms with E-state index >= 15 is 0 Å². The zero-order valence-electron chi connectivity index (χ0n) is 10.9. The molecule has 1 aliphatic heterocycles. The predicted molar refractivity (Wildman–Crippen MR) is 61.4 cm³/mol. The van der Waals surface area contributed by atoms with Gasteiger partial charge < -0.3 is 14.6 Å². The van der Waals surface area contributed by atoms with E-state index < -0.39 is 23.2 Å². The van der Waals surface area contributed by atoms with E-state index in [1.54, 1.807) is 24.1 Å². The molecule has 1 heterocycles. The lowest BCUT2D eigenvalue weighted by Crippen LogP contribution is -2.70. The first-order valence-corrected chi connectivity index (χ1v) is 5.46. The Morgan fingerprint density at radius 1 is 1.47 bits per heavy atom. The molecule has 0 radical (unpaired) electrons. The van der Waals surface area contributed by atoms with Gasteiger partial charge in [-0.25, -0.2) is 10.0 Å². The molecule has 1 N–H and O–H groups in total. The molecule has 0 aromatic carbocycles. The van der Waals surface area contributed by atoms with Crippen LogP contribution in [0.3, 0.4) is 0 Å². The van der Waals surface area contributed by atoms with Crippen LogP contribution in [0, 0.1) is 0 Å². The summed E-state index contributed by atoms with van der Waals surface area (Å²) in [6.45, 7) is 5.60. The van der Waals surface area contributed by atoms with Crippen LogP contribution in [0.15, 0.2) is 0 Å². The van der Waals surface area contributed by atoms with Crippen molar-refractivity contribution in [3.8, 4) is 0 Å². The zero-order chi connectivity index (χ0) is 13.4. The van der Waals surface area contributed by atoms with Gasteiger partial charge in [-0.05, 0) is 20.8 Å². The fourth-order valence-corrected chi connectivity index (χ4v) is 2.29. The van der Waals surface area contributed by atoms with Gasteiger partial charge in [-0.15, -0.1) is 0 Å². The number of carbonyl (C=O) groups is 2. The van der Waals surface area contributed by atoms with Crippen LogP contribution < -0.4 is 0 Å². The smallest absolute Gasteiger partial charge is 0.325 e. The van der Waals surface area contributed by atoms with Crippen LogP contribution in [0.2, 0.25) is 0 Å². The van der Waals surface area contributed by atoms with E-state index in [1.165, 1.54) is 6.92 Å². The molecule has 2 unspecified atom stereocenters. The lowest BCUT2D eigenvalue weighted by Gasteiger charge is -2.51. The molecule has 0 aromatic rings. The fraction of sp³-hybridized carbons (Fsp3) is 0.818. The Balaban J connectivity index is 3.19. The van der Waals surface area contributed by atoms with Crippen LogP contribution in [-0.2, 0) is 14.3 Å². The van der Waals surface area contributed by atoms with E-state index in [1.807, 2.05) is 13.8 Å². The Bertz CT molecular complexity index is 329. The SMILES string of the molecule is CN(C)N1CC(C)(C)OC(C)(C=O)C1C(=O)O. The van der Waals surface area contributed by atoms with E-state index in [2.05, 4.69) is 0 Å². The van der Waals surface area contributed by atoms with Crippen molar-refractivity contribution in [2.75, 3.05) is 20.6 Å². The first-order valence-electron chi connectivity index (χ1n) is 5.46. The number of hydrogen-bond acceptors (Lipinski definition) is 5. The lowest BCUT2D eigenvalue weighted by molar-refractivity contribution is -0.244. The van der Waals surface area contributed by atoms with Crippen LogP contribution in [-0.4, -0.2) is 65.3 Å². The molecular formula is C11H20N2O4. The summed E-state index contributed by atoms with van der Waals surface area (Å²) < 4.78 is 5.65. The van der Waals surface area contributed by atoms with Crippen LogP contribution in [0.5, 0.6) is 0 Å². The molecule has 0 amide bonds. The molecule has 0 spiro atoms. The van der Waals surface area contributed by atoms with Gasteiger partial charge >= 0.3 is 5.97 Å². The van der Waals surface area contributed by atoms with Gasteiger partial charge in [-0.1, -0.05) is 0 Å². The molecule has 6 heteroatoms. The van der Waals surface area contributed by atoms with Crippen molar-refractivity contribution < 1.29 is 19.4 Å². The number of carbonyl (C=O) groups excluding carboxylic acids is 1. The Labute approximate surface area is 101 Å². The number of carboxylic acid groups (broad SMARTS) is 1. The van der Waals surface area contributed by atoms with Gasteiger partial charge in [0.15, 0.2) is 12.3 Å². The number of aldehydes is 1. The second kappa shape index (κ2) is 4.36. The van der Waals surface area contributed by atoms with Gasteiger partial charge in [0.2, 0.25) is 0 Å². The van der Waals surface area contributed by atoms with Crippen LogP contribution in [0.1, 0.15) is 20.8 Å². The maximum atomic E-state index is 11.3. The first-order chi connectivity index (χ1) is 7.63.